The fourth-order valence-electron chi connectivity index (χ4n) is 1.33. The van der Waals surface area contributed by atoms with E-state index < -0.39 is 18.1 Å². The molecule has 1 aromatic carbocycles. The first-order valence-corrected chi connectivity index (χ1v) is 4.52. The number of halogens is 1. The monoisotopic (exact) mass is 196 g/mol. The van der Waals surface area contributed by atoms with Crippen LogP contribution in [0.1, 0.15) is 12.5 Å². The molecule has 0 fully saturated rings. The molecule has 1 aromatic rings. The SMILES string of the molecule is CC(Cc1ccccc1)C(F)C(=O)O. The van der Waals surface area contributed by atoms with Crippen molar-refractivity contribution in [1.82, 2.24) is 0 Å². The molecule has 0 aliphatic carbocycles. The number of carboxylic acids is 1. The largest absolute Gasteiger partial charge is 0.479 e. The van der Waals surface area contributed by atoms with Crippen molar-refractivity contribution in [3.05, 3.63) is 35.9 Å². The van der Waals surface area contributed by atoms with Gasteiger partial charge in [0.2, 0.25) is 0 Å². The van der Waals surface area contributed by atoms with Crippen molar-refractivity contribution in [3.8, 4) is 0 Å². The Morgan fingerprint density at radius 2 is 2.00 bits per heavy atom. The molecule has 2 nitrogen and oxygen atoms in total. The molecule has 0 spiro atoms. The Morgan fingerprint density at radius 3 is 2.50 bits per heavy atom. The van der Waals surface area contributed by atoms with Gasteiger partial charge in [0, 0.05) is 5.92 Å². The van der Waals surface area contributed by atoms with E-state index in [1.165, 1.54) is 0 Å². The average molecular weight is 196 g/mol. The Kier molecular flexibility index (Phi) is 3.63. The third kappa shape index (κ3) is 2.83. The quantitative estimate of drug-likeness (QED) is 0.802. The average Bonchev–Trinajstić information content (AvgIpc) is 2.18. The van der Waals surface area contributed by atoms with E-state index in [0.717, 1.165) is 5.56 Å². The third-order valence-corrected chi connectivity index (χ3v) is 2.14. The molecule has 0 aliphatic heterocycles. The third-order valence-electron chi connectivity index (χ3n) is 2.14. The van der Waals surface area contributed by atoms with E-state index in [0.29, 0.717) is 6.42 Å². The molecule has 0 aliphatic rings. The predicted octanol–water partition coefficient (Wildman–Crippen LogP) is 2.29. The number of benzene rings is 1. The molecule has 2 unspecified atom stereocenters. The van der Waals surface area contributed by atoms with E-state index in [9.17, 15) is 9.18 Å². The van der Waals surface area contributed by atoms with Crippen LogP contribution in [0, 0.1) is 5.92 Å². The fourth-order valence-corrected chi connectivity index (χ4v) is 1.33. The van der Waals surface area contributed by atoms with Gasteiger partial charge >= 0.3 is 5.97 Å². The number of rotatable bonds is 4. The van der Waals surface area contributed by atoms with Gasteiger partial charge in [-0.05, 0) is 12.0 Å². The van der Waals surface area contributed by atoms with Gasteiger partial charge in [0.1, 0.15) is 0 Å². The van der Waals surface area contributed by atoms with Crippen LogP contribution >= 0.6 is 0 Å². The summed E-state index contributed by atoms with van der Waals surface area (Å²) in [5, 5.41) is 8.46. The topological polar surface area (TPSA) is 37.3 Å². The maximum absolute atomic E-state index is 13.0. The minimum absolute atomic E-state index is 0.453. The molecule has 0 bridgehead atoms. The smallest absolute Gasteiger partial charge is 0.338 e. The first-order chi connectivity index (χ1) is 6.61. The molecule has 0 amide bonds. The molecule has 1 N–H and O–H groups in total. The van der Waals surface area contributed by atoms with Gasteiger partial charge in [0.15, 0.2) is 6.17 Å². The number of aliphatic carboxylic acids is 1. The molecule has 0 aromatic heterocycles. The van der Waals surface area contributed by atoms with Crippen molar-refractivity contribution >= 4 is 5.97 Å². The van der Waals surface area contributed by atoms with Crippen molar-refractivity contribution in [3.63, 3.8) is 0 Å². The molecule has 1 rings (SSSR count). The highest BCUT2D eigenvalue weighted by atomic mass is 19.1. The normalized spacial score (nSPS) is 14.7. The van der Waals surface area contributed by atoms with E-state index in [1.54, 1.807) is 6.92 Å². The lowest BCUT2D eigenvalue weighted by atomic mass is 9.97. The zero-order valence-corrected chi connectivity index (χ0v) is 7.98. The molecule has 14 heavy (non-hydrogen) atoms. The molecular formula is C11H13FO2. The fraction of sp³-hybridized carbons (Fsp3) is 0.364. The van der Waals surface area contributed by atoms with Crippen molar-refractivity contribution in [1.29, 1.82) is 0 Å². The summed E-state index contributed by atoms with van der Waals surface area (Å²) in [6, 6.07) is 9.32. The van der Waals surface area contributed by atoms with E-state index in [1.807, 2.05) is 30.3 Å². The minimum Gasteiger partial charge on any atom is -0.479 e. The number of hydrogen-bond acceptors (Lipinski definition) is 1. The first kappa shape index (κ1) is 10.7. The lowest BCUT2D eigenvalue weighted by Gasteiger charge is -2.12. The van der Waals surface area contributed by atoms with Crippen molar-refractivity contribution < 1.29 is 14.3 Å². The molecular weight excluding hydrogens is 183 g/mol. The number of alkyl halides is 1. The predicted molar refractivity (Wildman–Crippen MR) is 51.8 cm³/mol. The van der Waals surface area contributed by atoms with Crippen LogP contribution < -0.4 is 0 Å². The summed E-state index contributed by atoms with van der Waals surface area (Å²) >= 11 is 0. The van der Waals surface area contributed by atoms with E-state index in [-0.39, 0.29) is 0 Å². The highest BCUT2D eigenvalue weighted by Crippen LogP contribution is 2.14. The van der Waals surface area contributed by atoms with Crippen LogP contribution in [-0.2, 0) is 11.2 Å². The van der Waals surface area contributed by atoms with Crippen molar-refractivity contribution in [2.45, 2.75) is 19.5 Å². The van der Waals surface area contributed by atoms with Crippen LogP contribution in [0.25, 0.3) is 0 Å². The van der Waals surface area contributed by atoms with Gasteiger partial charge in [0.05, 0.1) is 0 Å². The maximum Gasteiger partial charge on any atom is 0.338 e. The van der Waals surface area contributed by atoms with E-state index in [4.69, 9.17) is 5.11 Å². The molecule has 0 heterocycles. The van der Waals surface area contributed by atoms with Crippen LogP contribution in [0.15, 0.2) is 30.3 Å². The molecule has 2 atom stereocenters. The second kappa shape index (κ2) is 4.74. The standard InChI is InChI=1S/C11H13FO2/c1-8(10(12)11(13)14)7-9-5-3-2-4-6-9/h2-6,8,10H,7H2,1H3,(H,13,14). The summed E-state index contributed by atoms with van der Waals surface area (Å²) in [4.78, 5) is 10.4. The van der Waals surface area contributed by atoms with Gasteiger partial charge < -0.3 is 5.11 Å². The van der Waals surface area contributed by atoms with Gasteiger partial charge in [-0.2, -0.15) is 0 Å². The van der Waals surface area contributed by atoms with Crippen molar-refractivity contribution in [2.24, 2.45) is 5.92 Å². The van der Waals surface area contributed by atoms with Crippen LogP contribution in [0.5, 0.6) is 0 Å². The molecule has 3 heteroatoms. The first-order valence-electron chi connectivity index (χ1n) is 4.52. The van der Waals surface area contributed by atoms with Crippen molar-refractivity contribution in [2.75, 3.05) is 0 Å². The molecule has 76 valence electrons. The van der Waals surface area contributed by atoms with E-state index >= 15 is 0 Å². The molecule has 0 saturated carbocycles. The maximum atomic E-state index is 13.0. The van der Waals surface area contributed by atoms with Crippen LogP contribution in [0.3, 0.4) is 0 Å². The highest BCUT2D eigenvalue weighted by molar-refractivity contribution is 5.72. The molecule has 0 saturated heterocycles. The summed E-state index contributed by atoms with van der Waals surface area (Å²) < 4.78 is 13.0. The van der Waals surface area contributed by atoms with Gasteiger partial charge in [-0.3, -0.25) is 0 Å². The Labute approximate surface area is 82.4 Å². The summed E-state index contributed by atoms with van der Waals surface area (Å²) in [6.07, 6.45) is -1.33. The molecule has 0 radical (unpaired) electrons. The summed E-state index contributed by atoms with van der Waals surface area (Å²) in [6.45, 7) is 1.60. The van der Waals surface area contributed by atoms with Gasteiger partial charge in [-0.15, -0.1) is 0 Å². The second-order valence-electron chi connectivity index (χ2n) is 3.41. The Balaban J connectivity index is 2.57. The van der Waals surface area contributed by atoms with Gasteiger partial charge in [0.25, 0.3) is 0 Å². The summed E-state index contributed by atoms with van der Waals surface area (Å²) in [5.41, 5.74) is 0.962. The zero-order chi connectivity index (χ0) is 10.6. The van der Waals surface area contributed by atoms with E-state index in [2.05, 4.69) is 0 Å². The lowest BCUT2D eigenvalue weighted by molar-refractivity contribution is -0.144. The number of carbonyl (C=O) groups is 1. The van der Waals surface area contributed by atoms with Crippen LogP contribution in [0.4, 0.5) is 4.39 Å². The Hall–Kier alpha value is -1.38. The van der Waals surface area contributed by atoms with Crippen LogP contribution in [0.2, 0.25) is 0 Å². The minimum atomic E-state index is -1.78. The summed E-state index contributed by atoms with van der Waals surface area (Å²) in [7, 11) is 0. The second-order valence-corrected chi connectivity index (χ2v) is 3.41. The summed E-state index contributed by atoms with van der Waals surface area (Å²) in [5.74, 6) is -1.87. The lowest BCUT2D eigenvalue weighted by Crippen LogP contribution is -2.24. The Bertz CT molecular complexity index is 297. The van der Waals surface area contributed by atoms with Crippen LogP contribution in [-0.4, -0.2) is 17.2 Å². The number of hydrogen-bond donors (Lipinski definition) is 1. The Morgan fingerprint density at radius 1 is 1.43 bits per heavy atom. The van der Waals surface area contributed by atoms with Gasteiger partial charge in [-0.25, -0.2) is 9.18 Å². The van der Waals surface area contributed by atoms with Gasteiger partial charge in [-0.1, -0.05) is 37.3 Å². The zero-order valence-electron chi connectivity index (χ0n) is 7.98. The highest BCUT2D eigenvalue weighted by Gasteiger charge is 2.23. The number of carboxylic acid groups (broad SMARTS) is 1.